The Balaban J connectivity index is 2.34. The van der Waals surface area contributed by atoms with E-state index in [0.29, 0.717) is 18.7 Å². The molecule has 4 heteroatoms. The van der Waals surface area contributed by atoms with Gasteiger partial charge in [0.1, 0.15) is 0 Å². The molecule has 0 spiro atoms. The molecule has 0 amide bonds. The van der Waals surface area contributed by atoms with Crippen LogP contribution in [-0.2, 0) is 4.74 Å². The lowest BCUT2D eigenvalue weighted by atomic mass is 10.2. The third-order valence-corrected chi connectivity index (χ3v) is 3.54. The first-order valence-electron chi connectivity index (χ1n) is 7.41. The van der Waals surface area contributed by atoms with E-state index >= 15 is 0 Å². The molecule has 0 bridgehead atoms. The number of rotatable bonds is 5. The number of aromatic nitrogens is 1. The highest BCUT2D eigenvalue weighted by atomic mass is 16.5. The quantitative estimate of drug-likeness (QED) is 0.862. The normalized spacial score (nSPS) is 11.1. The summed E-state index contributed by atoms with van der Waals surface area (Å²) in [4.78, 5) is 11.7. The number of esters is 1. The summed E-state index contributed by atoms with van der Waals surface area (Å²) in [5, 5.41) is 0. The first kappa shape index (κ1) is 16.0. The van der Waals surface area contributed by atoms with Crippen molar-refractivity contribution in [2.75, 3.05) is 13.2 Å². The second-order valence-electron chi connectivity index (χ2n) is 5.07. The molecule has 2 rings (SSSR count). The molecule has 116 valence electrons. The standard InChI is InChI=1S/C18H22N2O2/c1-4-22-18(21)15-7-9-17(10-8-15)20-13(2)12-16(14(20)3)6-5-11-19/h5-10,12H,4,11,19H2,1-3H3. The molecule has 2 aromatic rings. The first-order chi connectivity index (χ1) is 10.6. The number of nitrogens with two attached hydrogens (primary N) is 1. The van der Waals surface area contributed by atoms with Crippen LogP contribution in [0.4, 0.5) is 0 Å². The fourth-order valence-corrected chi connectivity index (χ4v) is 2.51. The summed E-state index contributed by atoms with van der Waals surface area (Å²) in [6.45, 7) is 6.84. The molecule has 0 aliphatic carbocycles. The Morgan fingerprint density at radius 1 is 1.27 bits per heavy atom. The lowest BCUT2D eigenvalue weighted by Gasteiger charge is -2.10. The lowest BCUT2D eigenvalue weighted by molar-refractivity contribution is 0.0526. The van der Waals surface area contributed by atoms with Crippen LogP contribution in [-0.4, -0.2) is 23.7 Å². The second-order valence-corrected chi connectivity index (χ2v) is 5.07. The van der Waals surface area contributed by atoms with Gasteiger partial charge in [0.2, 0.25) is 0 Å². The maximum absolute atomic E-state index is 11.7. The Morgan fingerprint density at radius 3 is 2.55 bits per heavy atom. The molecule has 0 atom stereocenters. The average Bonchev–Trinajstić information content (AvgIpc) is 2.80. The predicted molar refractivity (Wildman–Crippen MR) is 89.3 cm³/mol. The van der Waals surface area contributed by atoms with E-state index in [2.05, 4.69) is 24.5 Å². The Labute approximate surface area is 131 Å². The summed E-state index contributed by atoms with van der Waals surface area (Å²) >= 11 is 0. The largest absolute Gasteiger partial charge is 0.462 e. The van der Waals surface area contributed by atoms with Gasteiger partial charge in [0.05, 0.1) is 12.2 Å². The number of ether oxygens (including phenoxy) is 1. The van der Waals surface area contributed by atoms with Gasteiger partial charge in [-0.1, -0.05) is 12.2 Å². The molecule has 0 unspecified atom stereocenters. The first-order valence-corrected chi connectivity index (χ1v) is 7.41. The van der Waals surface area contributed by atoms with Crippen molar-refractivity contribution in [3.63, 3.8) is 0 Å². The number of nitrogens with zero attached hydrogens (tertiary/aromatic N) is 1. The summed E-state index contributed by atoms with van der Waals surface area (Å²) < 4.78 is 7.16. The molecule has 0 aliphatic heterocycles. The van der Waals surface area contributed by atoms with Crippen molar-refractivity contribution in [2.45, 2.75) is 20.8 Å². The van der Waals surface area contributed by atoms with Crippen LogP contribution < -0.4 is 5.73 Å². The number of hydrogen-bond acceptors (Lipinski definition) is 3. The smallest absolute Gasteiger partial charge is 0.338 e. The summed E-state index contributed by atoms with van der Waals surface area (Å²) in [6, 6.07) is 9.58. The van der Waals surface area contributed by atoms with Crippen molar-refractivity contribution in [1.82, 2.24) is 4.57 Å². The Hall–Kier alpha value is -2.33. The Morgan fingerprint density at radius 2 is 1.95 bits per heavy atom. The molecule has 0 saturated heterocycles. The molecule has 0 aliphatic rings. The number of hydrogen-bond donors (Lipinski definition) is 1. The van der Waals surface area contributed by atoms with Crippen LogP contribution in [0.5, 0.6) is 0 Å². The van der Waals surface area contributed by atoms with Crippen molar-refractivity contribution in [1.29, 1.82) is 0 Å². The van der Waals surface area contributed by atoms with Crippen molar-refractivity contribution in [3.05, 3.63) is 58.9 Å². The van der Waals surface area contributed by atoms with Crippen molar-refractivity contribution < 1.29 is 9.53 Å². The SMILES string of the molecule is CCOC(=O)c1ccc(-n2c(C)cc(C=CCN)c2C)cc1. The minimum absolute atomic E-state index is 0.290. The Kier molecular flexibility index (Phi) is 5.17. The van der Waals surface area contributed by atoms with Gasteiger partial charge in [-0.25, -0.2) is 4.79 Å². The molecule has 1 aromatic heterocycles. The predicted octanol–water partition coefficient (Wildman–Crippen LogP) is 3.24. The number of benzene rings is 1. The summed E-state index contributed by atoms with van der Waals surface area (Å²) in [5.74, 6) is -0.290. The van der Waals surface area contributed by atoms with Crippen LogP contribution in [0.2, 0.25) is 0 Å². The zero-order valence-electron chi connectivity index (χ0n) is 13.3. The fraction of sp³-hybridized carbons (Fsp3) is 0.278. The van der Waals surface area contributed by atoms with Gasteiger partial charge in [0.25, 0.3) is 0 Å². The zero-order chi connectivity index (χ0) is 16.1. The van der Waals surface area contributed by atoms with Crippen LogP contribution in [0.15, 0.2) is 36.4 Å². The highest BCUT2D eigenvalue weighted by molar-refractivity contribution is 5.89. The van der Waals surface area contributed by atoms with E-state index in [1.807, 2.05) is 24.3 Å². The molecule has 4 nitrogen and oxygen atoms in total. The van der Waals surface area contributed by atoms with Crippen LogP contribution in [0.1, 0.15) is 34.2 Å². The van der Waals surface area contributed by atoms with Crippen molar-refractivity contribution in [2.24, 2.45) is 5.73 Å². The molecule has 0 radical (unpaired) electrons. The van der Waals surface area contributed by atoms with Gasteiger partial charge in [-0.15, -0.1) is 0 Å². The topological polar surface area (TPSA) is 57.2 Å². The average molecular weight is 298 g/mol. The number of aryl methyl sites for hydroxylation is 1. The van der Waals surface area contributed by atoms with Crippen LogP contribution >= 0.6 is 0 Å². The van der Waals surface area contributed by atoms with Crippen molar-refractivity contribution >= 4 is 12.0 Å². The molecule has 1 heterocycles. The molecule has 0 saturated carbocycles. The lowest BCUT2D eigenvalue weighted by Crippen LogP contribution is -2.05. The van der Waals surface area contributed by atoms with Crippen molar-refractivity contribution in [3.8, 4) is 5.69 Å². The van der Waals surface area contributed by atoms with Crippen LogP contribution in [0.3, 0.4) is 0 Å². The number of carbonyl (C=O) groups excluding carboxylic acids is 1. The van der Waals surface area contributed by atoms with E-state index in [0.717, 1.165) is 22.6 Å². The van der Waals surface area contributed by atoms with E-state index in [1.54, 1.807) is 19.1 Å². The molecule has 0 fully saturated rings. The monoisotopic (exact) mass is 298 g/mol. The van der Waals surface area contributed by atoms with E-state index in [4.69, 9.17) is 10.5 Å². The summed E-state index contributed by atoms with van der Waals surface area (Å²) in [7, 11) is 0. The highest BCUT2D eigenvalue weighted by Gasteiger charge is 2.10. The third kappa shape index (κ3) is 3.28. The Bertz CT molecular complexity index is 682. The minimum atomic E-state index is -0.290. The zero-order valence-corrected chi connectivity index (χ0v) is 13.3. The minimum Gasteiger partial charge on any atom is -0.462 e. The second kappa shape index (κ2) is 7.09. The summed E-state index contributed by atoms with van der Waals surface area (Å²) in [5.41, 5.74) is 10.5. The van der Waals surface area contributed by atoms with Gasteiger partial charge < -0.3 is 15.0 Å². The number of carbonyl (C=O) groups is 1. The highest BCUT2D eigenvalue weighted by Crippen LogP contribution is 2.22. The van der Waals surface area contributed by atoms with E-state index < -0.39 is 0 Å². The molecular weight excluding hydrogens is 276 g/mol. The van der Waals surface area contributed by atoms with Gasteiger partial charge in [-0.05, 0) is 56.7 Å². The maximum Gasteiger partial charge on any atom is 0.338 e. The van der Waals surface area contributed by atoms with Crippen LogP contribution in [0, 0.1) is 13.8 Å². The van der Waals surface area contributed by atoms with E-state index in [-0.39, 0.29) is 5.97 Å². The van der Waals surface area contributed by atoms with Gasteiger partial charge in [-0.3, -0.25) is 0 Å². The van der Waals surface area contributed by atoms with E-state index in [9.17, 15) is 4.79 Å². The van der Waals surface area contributed by atoms with Gasteiger partial charge >= 0.3 is 5.97 Å². The van der Waals surface area contributed by atoms with Gasteiger partial charge in [-0.2, -0.15) is 0 Å². The fourth-order valence-electron chi connectivity index (χ4n) is 2.51. The van der Waals surface area contributed by atoms with Gasteiger partial charge in [0, 0.05) is 23.6 Å². The molecule has 22 heavy (non-hydrogen) atoms. The van der Waals surface area contributed by atoms with Gasteiger partial charge in [0.15, 0.2) is 0 Å². The third-order valence-electron chi connectivity index (χ3n) is 3.54. The van der Waals surface area contributed by atoms with Crippen LogP contribution in [0.25, 0.3) is 11.8 Å². The molecule has 1 aromatic carbocycles. The summed E-state index contributed by atoms with van der Waals surface area (Å²) in [6.07, 6.45) is 3.97. The van der Waals surface area contributed by atoms with E-state index in [1.165, 1.54) is 0 Å². The molecule has 2 N–H and O–H groups in total. The maximum atomic E-state index is 11.7. The molecular formula is C18H22N2O2.